The van der Waals surface area contributed by atoms with Gasteiger partial charge < -0.3 is 5.73 Å². The van der Waals surface area contributed by atoms with E-state index < -0.39 is 5.41 Å². The van der Waals surface area contributed by atoms with E-state index in [0.717, 1.165) is 11.4 Å². The number of anilines is 1. The van der Waals surface area contributed by atoms with Gasteiger partial charge in [-0.3, -0.25) is 10.1 Å². The summed E-state index contributed by atoms with van der Waals surface area (Å²) in [5.41, 5.74) is 6.53. The van der Waals surface area contributed by atoms with Crippen LogP contribution in [0.3, 0.4) is 0 Å². The van der Waals surface area contributed by atoms with Crippen molar-refractivity contribution in [3.8, 4) is 0 Å². The number of rotatable bonds is 3. The second-order valence-corrected chi connectivity index (χ2v) is 4.81. The van der Waals surface area contributed by atoms with E-state index in [1.807, 2.05) is 19.9 Å². The first kappa shape index (κ1) is 11.9. The van der Waals surface area contributed by atoms with Crippen LogP contribution in [0.2, 0.25) is 0 Å². The Kier molecular flexibility index (Phi) is 2.82. The minimum absolute atomic E-state index is 0.199. The largest absolute Gasteiger partial charge is 0.392 e. The van der Waals surface area contributed by atoms with Crippen LogP contribution in [0.4, 0.5) is 5.95 Å². The lowest BCUT2D eigenvalue weighted by molar-refractivity contribution is -0.118. The summed E-state index contributed by atoms with van der Waals surface area (Å²) in [6.45, 7) is 3.70. The van der Waals surface area contributed by atoms with Gasteiger partial charge >= 0.3 is 0 Å². The summed E-state index contributed by atoms with van der Waals surface area (Å²) in [6.07, 6.45) is 1.41. The smallest absolute Gasteiger partial charge is 0.239 e. The third kappa shape index (κ3) is 2.26. The molecule has 0 unspecified atom stereocenters. The van der Waals surface area contributed by atoms with Gasteiger partial charge in [-0.05, 0) is 32.8 Å². The monoisotopic (exact) mass is 250 g/mol. The molecule has 6 heteroatoms. The van der Waals surface area contributed by atoms with E-state index in [2.05, 4.69) is 15.3 Å². The average Bonchev–Trinajstić information content (AvgIpc) is 2.95. The van der Waals surface area contributed by atoms with Crippen molar-refractivity contribution < 1.29 is 4.79 Å². The van der Waals surface area contributed by atoms with Crippen LogP contribution >= 0.6 is 12.2 Å². The number of hydrogen-bond acceptors (Lipinski definition) is 4. The fourth-order valence-electron chi connectivity index (χ4n) is 1.71. The van der Waals surface area contributed by atoms with E-state index in [1.54, 1.807) is 0 Å². The topological polar surface area (TPSA) is 80.9 Å². The number of amides is 1. The SMILES string of the molecule is Cc1cc(C)nc(NC(=O)C2(C(N)=S)CC2)n1. The summed E-state index contributed by atoms with van der Waals surface area (Å²) in [5.74, 6) is 0.116. The Morgan fingerprint density at radius 1 is 1.41 bits per heavy atom. The standard InChI is InChI=1S/C11H14N4OS/c1-6-5-7(2)14-10(13-6)15-9(16)11(3-4-11)8(12)17/h5H,3-4H2,1-2H3,(H2,12,17)(H,13,14,15,16). The molecule has 3 N–H and O–H groups in total. The lowest BCUT2D eigenvalue weighted by Crippen LogP contribution is -2.35. The molecule has 90 valence electrons. The van der Waals surface area contributed by atoms with Crippen LogP contribution in [0.1, 0.15) is 24.2 Å². The van der Waals surface area contributed by atoms with E-state index in [1.165, 1.54) is 0 Å². The van der Waals surface area contributed by atoms with Crippen LogP contribution < -0.4 is 11.1 Å². The van der Waals surface area contributed by atoms with E-state index in [-0.39, 0.29) is 10.9 Å². The number of thiocarbonyl (C=S) groups is 1. The van der Waals surface area contributed by atoms with Crippen molar-refractivity contribution in [2.24, 2.45) is 11.1 Å². The molecule has 1 heterocycles. The van der Waals surface area contributed by atoms with Gasteiger partial charge in [0.05, 0.1) is 10.4 Å². The van der Waals surface area contributed by atoms with Crippen LogP contribution in [0.5, 0.6) is 0 Å². The molecular weight excluding hydrogens is 236 g/mol. The number of carbonyl (C=O) groups is 1. The second kappa shape index (κ2) is 4.03. The second-order valence-electron chi connectivity index (χ2n) is 4.37. The van der Waals surface area contributed by atoms with Gasteiger partial charge in [-0.25, -0.2) is 9.97 Å². The molecule has 1 aromatic rings. The minimum Gasteiger partial charge on any atom is -0.392 e. The Hall–Kier alpha value is -1.56. The van der Waals surface area contributed by atoms with Crippen LogP contribution in [0.25, 0.3) is 0 Å². The van der Waals surface area contributed by atoms with E-state index in [4.69, 9.17) is 18.0 Å². The summed E-state index contributed by atoms with van der Waals surface area (Å²) in [6, 6.07) is 1.84. The maximum absolute atomic E-state index is 12.0. The lowest BCUT2D eigenvalue weighted by atomic mass is 10.1. The highest BCUT2D eigenvalue weighted by Crippen LogP contribution is 2.46. The molecular formula is C11H14N4OS. The van der Waals surface area contributed by atoms with Gasteiger partial charge in [0.1, 0.15) is 0 Å². The predicted octanol–water partition coefficient (Wildman–Crippen LogP) is 1.10. The van der Waals surface area contributed by atoms with Gasteiger partial charge in [0.15, 0.2) is 0 Å². The van der Waals surface area contributed by atoms with Gasteiger partial charge in [0.25, 0.3) is 0 Å². The molecule has 0 bridgehead atoms. The Bertz CT molecular complexity index is 476. The summed E-state index contributed by atoms with van der Waals surface area (Å²) in [4.78, 5) is 20.5. The molecule has 0 saturated heterocycles. The molecule has 1 aromatic heterocycles. The van der Waals surface area contributed by atoms with Crippen molar-refractivity contribution in [2.75, 3.05) is 5.32 Å². The normalized spacial score (nSPS) is 16.4. The average molecular weight is 250 g/mol. The van der Waals surface area contributed by atoms with Gasteiger partial charge in [0, 0.05) is 11.4 Å². The third-order valence-electron chi connectivity index (χ3n) is 2.86. The number of nitrogens with zero attached hydrogens (tertiary/aromatic N) is 2. The first-order valence-corrected chi connectivity index (χ1v) is 5.78. The maximum Gasteiger partial charge on any atom is 0.239 e. The van der Waals surface area contributed by atoms with Gasteiger partial charge in [-0.2, -0.15) is 0 Å². The molecule has 0 radical (unpaired) electrons. The summed E-state index contributed by atoms with van der Waals surface area (Å²) in [5, 5.41) is 2.68. The van der Waals surface area contributed by atoms with Crippen molar-refractivity contribution in [2.45, 2.75) is 26.7 Å². The van der Waals surface area contributed by atoms with Gasteiger partial charge in [-0.15, -0.1) is 0 Å². The molecule has 2 rings (SSSR count). The van der Waals surface area contributed by atoms with Gasteiger partial charge in [0.2, 0.25) is 11.9 Å². The van der Waals surface area contributed by atoms with Crippen LogP contribution in [0.15, 0.2) is 6.07 Å². The van der Waals surface area contributed by atoms with Crippen molar-refractivity contribution in [1.29, 1.82) is 0 Å². The highest BCUT2D eigenvalue weighted by molar-refractivity contribution is 7.80. The quantitative estimate of drug-likeness (QED) is 0.785. The molecule has 0 aromatic carbocycles. The van der Waals surface area contributed by atoms with Crippen molar-refractivity contribution >= 4 is 29.1 Å². The molecule has 1 saturated carbocycles. The van der Waals surface area contributed by atoms with Gasteiger partial charge in [-0.1, -0.05) is 12.2 Å². The Balaban J connectivity index is 2.16. The summed E-state index contributed by atoms with van der Waals surface area (Å²) >= 11 is 4.91. The first-order valence-electron chi connectivity index (χ1n) is 5.38. The number of aromatic nitrogens is 2. The number of aryl methyl sites for hydroxylation is 2. The number of hydrogen-bond donors (Lipinski definition) is 2. The Morgan fingerprint density at radius 2 is 1.94 bits per heavy atom. The van der Waals surface area contributed by atoms with E-state index in [9.17, 15) is 4.79 Å². The Labute approximate surface area is 105 Å². The highest BCUT2D eigenvalue weighted by Gasteiger charge is 2.52. The minimum atomic E-state index is -0.670. The van der Waals surface area contributed by atoms with Crippen LogP contribution in [-0.2, 0) is 4.79 Å². The molecule has 1 aliphatic carbocycles. The fraction of sp³-hybridized carbons (Fsp3) is 0.455. The van der Waals surface area contributed by atoms with E-state index in [0.29, 0.717) is 18.8 Å². The zero-order valence-corrected chi connectivity index (χ0v) is 10.6. The Morgan fingerprint density at radius 3 is 2.35 bits per heavy atom. The van der Waals surface area contributed by atoms with Crippen LogP contribution in [0, 0.1) is 19.3 Å². The molecule has 1 amide bonds. The molecule has 5 nitrogen and oxygen atoms in total. The number of nitrogens with two attached hydrogens (primary N) is 1. The summed E-state index contributed by atoms with van der Waals surface area (Å²) in [7, 11) is 0. The molecule has 1 aliphatic rings. The molecule has 0 atom stereocenters. The predicted molar refractivity (Wildman–Crippen MR) is 68.6 cm³/mol. The molecule has 17 heavy (non-hydrogen) atoms. The van der Waals surface area contributed by atoms with Crippen molar-refractivity contribution in [1.82, 2.24) is 9.97 Å². The third-order valence-corrected chi connectivity index (χ3v) is 3.25. The highest BCUT2D eigenvalue weighted by atomic mass is 32.1. The zero-order chi connectivity index (χ0) is 12.6. The number of carbonyl (C=O) groups excluding carboxylic acids is 1. The maximum atomic E-state index is 12.0. The molecule has 0 aliphatic heterocycles. The molecule has 0 spiro atoms. The van der Waals surface area contributed by atoms with Crippen molar-refractivity contribution in [3.63, 3.8) is 0 Å². The summed E-state index contributed by atoms with van der Waals surface area (Å²) < 4.78 is 0. The first-order chi connectivity index (χ1) is 7.94. The molecule has 1 fully saturated rings. The van der Waals surface area contributed by atoms with E-state index >= 15 is 0 Å². The number of nitrogens with one attached hydrogen (secondary N) is 1. The zero-order valence-electron chi connectivity index (χ0n) is 9.78. The van der Waals surface area contributed by atoms with Crippen molar-refractivity contribution in [3.05, 3.63) is 17.5 Å². The van der Waals surface area contributed by atoms with Crippen LogP contribution in [-0.4, -0.2) is 20.9 Å². The fourth-order valence-corrected chi connectivity index (χ4v) is 2.01. The lowest BCUT2D eigenvalue weighted by Gasteiger charge is -2.12.